The minimum absolute atomic E-state index is 0.00748. The first-order valence-corrected chi connectivity index (χ1v) is 11.2. The maximum Gasteiger partial charge on any atom is 0.168 e. The highest BCUT2D eigenvalue weighted by molar-refractivity contribution is 6.24. The zero-order valence-corrected chi connectivity index (χ0v) is 18.3. The Kier molecular flexibility index (Phi) is 6.36. The first-order chi connectivity index (χ1) is 15.1. The predicted molar refractivity (Wildman–Crippen MR) is 127 cm³/mol. The van der Waals surface area contributed by atoms with Crippen LogP contribution < -0.4 is 0 Å². The number of aliphatic hydroxyl groups is 1. The highest BCUT2D eigenvalue weighted by atomic mass is 16.3. The molecule has 0 amide bonds. The van der Waals surface area contributed by atoms with E-state index in [1.807, 2.05) is 31.2 Å². The second kappa shape index (κ2) is 9.34. The van der Waals surface area contributed by atoms with E-state index in [0.717, 1.165) is 35.3 Å². The van der Waals surface area contributed by atoms with E-state index in [0.29, 0.717) is 31.4 Å². The molecule has 31 heavy (non-hydrogen) atoms. The molecule has 2 N–H and O–H groups in total. The molecule has 160 valence electrons. The van der Waals surface area contributed by atoms with Gasteiger partial charge in [0.05, 0.1) is 5.57 Å². The van der Waals surface area contributed by atoms with Gasteiger partial charge in [0.15, 0.2) is 5.78 Å². The number of fused-ring (bicyclic) bond motifs is 1. The third kappa shape index (κ3) is 4.48. The van der Waals surface area contributed by atoms with E-state index in [2.05, 4.69) is 42.2 Å². The van der Waals surface area contributed by atoms with Crippen molar-refractivity contribution in [3.05, 3.63) is 82.8 Å². The predicted octanol–water partition coefficient (Wildman–Crippen LogP) is 6.22. The van der Waals surface area contributed by atoms with Crippen molar-refractivity contribution in [1.82, 2.24) is 4.98 Å². The third-order valence-electron chi connectivity index (χ3n) is 6.18. The van der Waals surface area contributed by atoms with Gasteiger partial charge in [0.25, 0.3) is 0 Å². The smallest absolute Gasteiger partial charge is 0.168 e. The SMILES string of the molecule is CCCC(O)=C1C(=O)C[C@H](c2ccccc2)CC1=NCCc1c(C)[nH]c2ccccc12. The van der Waals surface area contributed by atoms with Gasteiger partial charge in [0.2, 0.25) is 0 Å². The zero-order valence-electron chi connectivity index (χ0n) is 18.3. The number of nitrogens with zero attached hydrogens (tertiary/aromatic N) is 1. The van der Waals surface area contributed by atoms with Crippen LogP contribution in [0.5, 0.6) is 0 Å². The van der Waals surface area contributed by atoms with Gasteiger partial charge in [-0.1, -0.05) is 55.5 Å². The number of Topliss-reactive ketones (excluding diaryl/α,β-unsaturated/α-hetero) is 1. The second-order valence-electron chi connectivity index (χ2n) is 8.36. The van der Waals surface area contributed by atoms with Crippen LogP contribution >= 0.6 is 0 Å². The zero-order chi connectivity index (χ0) is 21.8. The van der Waals surface area contributed by atoms with Crippen LogP contribution in [0.15, 0.2) is 70.9 Å². The number of ketones is 1. The minimum atomic E-state index is 0.00748. The average molecular weight is 415 g/mol. The number of para-hydroxylation sites is 1. The lowest BCUT2D eigenvalue weighted by Gasteiger charge is -2.26. The van der Waals surface area contributed by atoms with Crippen molar-refractivity contribution in [2.24, 2.45) is 4.99 Å². The number of nitrogens with one attached hydrogen (secondary N) is 1. The van der Waals surface area contributed by atoms with E-state index in [4.69, 9.17) is 4.99 Å². The lowest BCUT2D eigenvalue weighted by atomic mass is 9.78. The molecule has 1 saturated carbocycles. The van der Waals surface area contributed by atoms with Gasteiger partial charge >= 0.3 is 0 Å². The van der Waals surface area contributed by atoms with Gasteiger partial charge in [-0.25, -0.2) is 0 Å². The van der Waals surface area contributed by atoms with Crippen LogP contribution in [0.25, 0.3) is 10.9 Å². The van der Waals surface area contributed by atoms with Gasteiger partial charge in [-0.2, -0.15) is 0 Å². The quantitative estimate of drug-likeness (QED) is 0.371. The van der Waals surface area contributed by atoms with Crippen LogP contribution in [0.1, 0.15) is 55.3 Å². The Morgan fingerprint density at radius 3 is 2.61 bits per heavy atom. The van der Waals surface area contributed by atoms with Crippen LogP contribution in [0.4, 0.5) is 0 Å². The number of aliphatic hydroxyl groups excluding tert-OH is 1. The summed E-state index contributed by atoms with van der Waals surface area (Å²) in [5.74, 6) is 0.314. The molecule has 2 aromatic carbocycles. The summed E-state index contributed by atoms with van der Waals surface area (Å²) in [4.78, 5) is 21.3. The number of aryl methyl sites for hydroxylation is 1. The van der Waals surface area contributed by atoms with Crippen LogP contribution in [0, 0.1) is 6.92 Å². The molecule has 0 spiro atoms. The monoisotopic (exact) mass is 414 g/mol. The number of hydrogen-bond acceptors (Lipinski definition) is 3. The van der Waals surface area contributed by atoms with Crippen molar-refractivity contribution >= 4 is 22.4 Å². The molecule has 0 bridgehead atoms. The Labute approximate surface area is 183 Å². The number of aliphatic imine (C=N–C) groups is 1. The summed E-state index contributed by atoms with van der Waals surface area (Å²) in [7, 11) is 0. The van der Waals surface area contributed by atoms with Gasteiger partial charge in [-0.3, -0.25) is 9.79 Å². The summed E-state index contributed by atoms with van der Waals surface area (Å²) < 4.78 is 0. The van der Waals surface area contributed by atoms with Crippen molar-refractivity contribution in [1.29, 1.82) is 0 Å². The largest absolute Gasteiger partial charge is 0.511 e. The van der Waals surface area contributed by atoms with Crippen molar-refractivity contribution in [3.8, 4) is 0 Å². The molecule has 4 rings (SSSR count). The Bertz CT molecular complexity index is 1140. The second-order valence-corrected chi connectivity index (χ2v) is 8.36. The lowest BCUT2D eigenvalue weighted by Crippen LogP contribution is -2.27. The van der Waals surface area contributed by atoms with E-state index >= 15 is 0 Å². The van der Waals surface area contributed by atoms with E-state index in [9.17, 15) is 9.90 Å². The fourth-order valence-electron chi connectivity index (χ4n) is 4.65. The number of carbonyl (C=O) groups excluding carboxylic acids is 1. The van der Waals surface area contributed by atoms with Gasteiger partial charge in [0.1, 0.15) is 5.76 Å². The number of aromatic nitrogens is 1. The first kappa shape index (κ1) is 21.1. The summed E-state index contributed by atoms with van der Waals surface area (Å²) in [6.07, 6.45) is 3.22. The van der Waals surface area contributed by atoms with E-state index in [1.54, 1.807) is 0 Å². The van der Waals surface area contributed by atoms with E-state index in [1.165, 1.54) is 10.9 Å². The number of H-pyrrole nitrogens is 1. The molecule has 1 heterocycles. The molecule has 4 heteroatoms. The maximum atomic E-state index is 13.0. The number of rotatable bonds is 6. The molecule has 3 aromatic rings. The molecule has 1 atom stereocenters. The molecule has 1 aliphatic carbocycles. The van der Waals surface area contributed by atoms with Gasteiger partial charge in [-0.15, -0.1) is 0 Å². The Morgan fingerprint density at radius 2 is 1.84 bits per heavy atom. The molecule has 4 nitrogen and oxygen atoms in total. The van der Waals surface area contributed by atoms with Crippen LogP contribution in [-0.2, 0) is 11.2 Å². The standard InChI is InChI=1S/C27H30N2O2/c1-3-9-25(30)27-24(16-20(17-26(27)31)19-10-5-4-6-11-19)28-15-14-21-18(2)29-23-13-8-7-12-22(21)23/h4-8,10-13,20,29-30H,3,9,14-17H2,1-2H3/t20-/m1/s1. The fourth-order valence-corrected chi connectivity index (χ4v) is 4.65. The van der Waals surface area contributed by atoms with Gasteiger partial charge in [0, 0.05) is 41.7 Å². The summed E-state index contributed by atoms with van der Waals surface area (Å²) in [5, 5.41) is 11.8. The average Bonchev–Trinajstić information content (AvgIpc) is 3.09. The van der Waals surface area contributed by atoms with Gasteiger partial charge < -0.3 is 10.1 Å². The van der Waals surface area contributed by atoms with Crippen LogP contribution in [0.3, 0.4) is 0 Å². The normalized spacial score (nSPS) is 19.9. The van der Waals surface area contributed by atoms with Gasteiger partial charge in [-0.05, 0) is 49.3 Å². The molecule has 1 fully saturated rings. The molecule has 0 saturated heterocycles. The number of hydrogen-bond donors (Lipinski definition) is 2. The first-order valence-electron chi connectivity index (χ1n) is 11.2. The number of carbonyl (C=O) groups is 1. The summed E-state index contributed by atoms with van der Waals surface area (Å²) in [6.45, 7) is 4.69. The molecule has 1 aliphatic rings. The van der Waals surface area contributed by atoms with Crippen molar-refractivity contribution < 1.29 is 9.90 Å². The van der Waals surface area contributed by atoms with Crippen LogP contribution in [-0.4, -0.2) is 28.1 Å². The highest BCUT2D eigenvalue weighted by Gasteiger charge is 2.32. The summed E-state index contributed by atoms with van der Waals surface area (Å²) in [6, 6.07) is 18.5. The number of allylic oxidation sites excluding steroid dienone is 2. The highest BCUT2D eigenvalue weighted by Crippen LogP contribution is 2.34. The molecule has 0 unspecified atom stereocenters. The molecule has 1 aromatic heterocycles. The molecule has 0 aliphatic heterocycles. The number of benzene rings is 2. The van der Waals surface area contributed by atoms with Crippen molar-refractivity contribution in [2.75, 3.05) is 6.54 Å². The maximum absolute atomic E-state index is 13.0. The lowest BCUT2D eigenvalue weighted by molar-refractivity contribution is -0.116. The molecular formula is C27H30N2O2. The number of aromatic amines is 1. The Balaban J connectivity index is 1.62. The van der Waals surface area contributed by atoms with Crippen LogP contribution in [0.2, 0.25) is 0 Å². The van der Waals surface area contributed by atoms with E-state index in [-0.39, 0.29) is 17.5 Å². The molecular weight excluding hydrogens is 384 g/mol. The topological polar surface area (TPSA) is 65.4 Å². The fraction of sp³-hybridized carbons (Fsp3) is 0.333. The Morgan fingerprint density at radius 1 is 1.10 bits per heavy atom. The van der Waals surface area contributed by atoms with Crippen molar-refractivity contribution in [2.45, 2.75) is 51.9 Å². The third-order valence-corrected chi connectivity index (χ3v) is 6.18. The minimum Gasteiger partial charge on any atom is -0.511 e. The van der Waals surface area contributed by atoms with Crippen molar-refractivity contribution in [3.63, 3.8) is 0 Å². The Hall–Kier alpha value is -3.14. The van der Waals surface area contributed by atoms with E-state index < -0.39 is 0 Å². The summed E-state index contributed by atoms with van der Waals surface area (Å²) in [5.41, 5.74) is 5.95. The summed E-state index contributed by atoms with van der Waals surface area (Å²) >= 11 is 0. The molecule has 0 radical (unpaired) electrons.